The molecule has 0 aliphatic heterocycles. The Morgan fingerprint density at radius 3 is 2.64 bits per heavy atom. The van der Waals surface area contributed by atoms with Crippen LogP contribution in [0.15, 0.2) is 81.1 Å². The van der Waals surface area contributed by atoms with Crippen LogP contribution in [0.25, 0.3) is 17.1 Å². The summed E-state index contributed by atoms with van der Waals surface area (Å²) in [5.41, 5.74) is 3.09. The van der Waals surface area contributed by atoms with Crippen molar-refractivity contribution in [2.24, 2.45) is 0 Å². The topological polar surface area (TPSA) is 78.9 Å². The smallest absolute Gasteiger partial charge is 0.258 e. The number of rotatable bonds is 9. The summed E-state index contributed by atoms with van der Waals surface area (Å²) in [7, 11) is 0. The SMILES string of the molecule is CCOc1ccc(-n2c(Cc3ccccc3)nnc2SCc2noc(-c3ccsc3)n2)cc1. The van der Waals surface area contributed by atoms with Crippen molar-refractivity contribution in [2.75, 3.05) is 6.61 Å². The van der Waals surface area contributed by atoms with Gasteiger partial charge < -0.3 is 9.26 Å². The number of hydrogen-bond acceptors (Lipinski definition) is 8. The molecule has 0 bridgehead atoms. The van der Waals surface area contributed by atoms with Gasteiger partial charge in [-0.05, 0) is 48.2 Å². The van der Waals surface area contributed by atoms with E-state index in [4.69, 9.17) is 9.26 Å². The lowest BCUT2D eigenvalue weighted by molar-refractivity contribution is 0.340. The van der Waals surface area contributed by atoms with Crippen molar-refractivity contribution in [3.05, 3.63) is 88.6 Å². The second-order valence-electron chi connectivity index (χ2n) is 7.14. The lowest BCUT2D eigenvalue weighted by Gasteiger charge is -2.11. The van der Waals surface area contributed by atoms with Gasteiger partial charge in [-0.3, -0.25) is 4.57 Å². The van der Waals surface area contributed by atoms with Gasteiger partial charge in [0.25, 0.3) is 5.89 Å². The van der Waals surface area contributed by atoms with Gasteiger partial charge in [0.2, 0.25) is 0 Å². The monoisotopic (exact) mass is 475 g/mol. The first kappa shape index (κ1) is 21.4. The molecule has 3 aromatic heterocycles. The molecular weight excluding hydrogens is 454 g/mol. The molecule has 5 rings (SSSR count). The molecule has 0 amide bonds. The Balaban J connectivity index is 1.41. The molecule has 0 N–H and O–H groups in total. The number of aromatic nitrogens is 5. The molecule has 9 heteroatoms. The molecule has 0 aliphatic rings. The van der Waals surface area contributed by atoms with E-state index in [-0.39, 0.29) is 0 Å². The molecule has 5 aromatic rings. The van der Waals surface area contributed by atoms with Crippen molar-refractivity contribution >= 4 is 23.1 Å². The van der Waals surface area contributed by atoms with Crippen LogP contribution in [0.2, 0.25) is 0 Å². The zero-order chi connectivity index (χ0) is 22.5. The van der Waals surface area contributed by atoms with E-state index in [0.717, 1.165) is 28.0 Å². The van der Waals surface area contributed by atoms with Gasteiger partial charge in [-0.15, -0.1) is 10.2 Å². The molecule has 0 saturated carbocycles. The lowest BCUT2D eigenvalue weighted by Crippen LogP contribution is -2.04. The molecular formula is C24H21N5O2S2. The Labute approximate surface area is 199 Å². The van der Waals surface area contributed by atoms with Crippen LogP contribution in [0.4, 0.5) is 0 Å². The average Bonchev–Trinajstić information content (AvgIpc) is 3.60. The number of benzene rings is 2. The Bertz CT molecular complexity index is 1300. The molecule has 2 aromatic carbocycles. The third-order valence-corrected chi connectivity index (χ3v) is 6.49. The minimum atomic E-state index is 0.522. The summed E-state index contributed by atoms with van der Waals surface area (Å²) in [6, 6.07) is 20.2. The summed E-state index contributed by atoms with van der Waals surface area (Å²) in [5.74, 6) is 3.37. The van der Waals surface area contributed by atoms with E-state index in [2.05, 4.69) is 37.0 Å². The molecule has 33 heavy (non-hydrogen) atoms. The molecule has 0 fully saturated rings. The van der Waals surface area contributed by atoms with Gasteiger partial charge in [0.1, 0.15) is 11.6 Å². The summed E-state index contributed by atoms with van der Waals surface area (Å²) in [5, 5.41) is 17.8. The molecule has 0 spiro atoms. The highest BCUT2D eigenvalue weighted by Crippen LogP contribution is 2.28. The molecule has 7 nitrogen and oxygen atoms in total. The Morgan fingerprint density at radius 1 is 1.03 bits per heavy atom. The molecule has 0 atom stereocenters. The third kappa shape index (κ3) is 4.99. The predicted molar refractivity (Wildman–Crippen MR) is 129 cm³/mol. The van der Waals surface area contributed by atoms with Crippen LogP contribution in [0.3, 0.4) is 0 Å². The Hall–Kier alpha value is -3.43. The summed E-state index contributed by atoms with van der Waals surface area (Å²) in [4.78, 5) is 4.51. The van der Waals surface area contributed by atoms with E-state index in [1.165, 1.54) is 17.3 Å². The van der Waals surface area contributed by atoms with Crippen LogP contribution in [0.5, 0.6) is 5.75 Å². The van der Waals surface area contributed by atoms with Crippen LogP contribution >= 0.6 is 23.1 Å². The number of thiophene rings is 1. The quantitative estimate of drug-likeness (QED) is 0.255. The van der Waals surface area contributed by atoms with Gasteiger partial charge in [0.15, 0.2) is 11.0 Å². The molecule has 0 unspecified atom stereocenters. The van der Waals surface area contributed by atoms with E-state index < -0.39 is 0 Å². The van der Waals surface area contributed by atoms with E-state index in [9.17, 15) is 0 Å². The van der Waals surface area contributed by atoms with Gasteiger partial charge >= 0.3 is 0 Å². The molecule has 3 heterocycles. The number of hydrogen-bond donors (Lipinski definition) is 0. The van der Waals surface area contributed by atoms with E-state index in [1.807, 2.05) is 66.2 Å². The normalized spacial score (nSPS) is 11.1. The Kier molecular flexibility index (Phi) is 6.50. The minimum absolute atomic E-state index is 0.522. The first-order chi connectivity index (χ1) is 16.3. The summed E-state index contributed by atoms with van der Waals surface area (Å²) in [6.45, 7) is 2.60. The van der Waals surface area contributed by atoms with Crippen LogP contribution in [-0.2, 0) is 12.2 Å². The average molecular weight is 476 g/mol. The highest BCUT2D eigenvalue weighted by atomic mass is 32.2. The lowest BCUT2D eigenvalue weighted by atomic mass is 10.1. The second-order valence-corrected chi connectivity index (χ2v) is 8.86. The second kappa shape index (κ2) is 10.0. The fraction of sp³-hybridized carbons (Fsp3) is 0.167. The summed E-state index contributed by atoms with van der Waals surface area (Å²) in [6.07, 6.45) is 0.673. The van der Waals surface area contributed by atoms with Crippen molar-refractivity contribution in [3.8, 4) is 22.9 Å². The summed E-state index contributed by atoms with van der Waals surface area (Å²) < 4.78 is 13.1. The zero-order valence-electron chi connectivity index (χ0n) is 17.9. The van der Waals surface area contributed by atoms with Gasteiger partial charge in [0, 0.05) is 17.5 Å². The van der Waals surface area contributed by atoms with E-state index in [1.54, 1.807) is 11.3 Å². The number of thioether (sulfide) groups is 1. The van der Waals surface area contributed by atoms with Crippen LogP contribution in [0.1, 0.15) is 24.1 Å². The fourth-order valence-electron chi connectivity index (χ4n) is 3.35. The molecule has 0 aliphatic carbocycles. The van der Waals surface area contributed by atoms with E-state index >= 15 is 0 Å². The van der Waals surface area contributed by atoms with Gasteiger partial charge in [0.05, 0.1) is 17.9 Å². The van der Waals surface area contributed by atoms with Crippen LogP contribution in [0, 0.1) is 0 Å². The van der Waals surface area contributed by atoms with Gasteiger partial charge in [-0.1, -0.05) is 47.3 Å². The highest BCUT2D eigenvalue weighted by molar-refractivity contribution is 7.98. The maximum absolute atomic E-state index is 5.60. The van der Waals surface area contributed by atoms with Crippen molar-refractivity contribution in [1.82, 2.24) is 24.9 Å². The molecule has 0 saturated heterocycles. The molecule has 166 valence electrons. The van der Waals surface area contributed by atoms with E-state index in [0.29, 0.717) is 30.5 Å². The highest BCUT2D eigenvalue weighted by Gasteiger charge is 2.17. The van der Waals surface area contributed by atoms with Crippen molar-refractivity contribution in [2.45, 2.75) is 24.3 Å². The molecule has 0 radical (unpaired) electrons. The van der Waals surface area contributed by atoms with Crippen molar-refractivity contribution in [3.63, 3.8) is 0 Å². The van der Waals surface area contributed by atoms with Crippen LogP contribution < -0.4 is 4.74 Å². The van der Waals surface area contributed by atoms with Crippen molar-refractivity contribution in [1.29, 1.82) is 0 Å². The summed E-state index contributed by atoms with van der Waals surface area (Å²) >= 11 is 3.12. The predicted octanol–water partition coefficient (Wildman–Crippen LogP) is 5.66. The first-order valence-corrected chi connectivity index (χ1v) is 12.4. The zero-order valence-corrected chi connectivity index (χ0v) is 19.6. The number of nitrogens with zero attached hydrogens (tertiary/aromatic N) is 5. The van der Waals surface area contributed by atoms with Crippen LogP contribution in [-0.4, -0.2) is 31.5 Å². The third-order valence-electron chi connectivity index (χ3n) is 4.88. The minimum Gasteiger partial charge on any atom is -0.494 e. The van der Waals surface area contributed by atoms with Crippen molar-refractivity contribution < 1.29 is 9.26 Å². The first-order valence-electron chi connectivity index (χ1n) is 10.5. The maximum atomic E-state index is 5.60. The Morgan fingerprint density at radius 2 is 1.88 bits per heavy atom. The maximum Gasteiger partial charge on any atom is 0.258 e. The van der Waals surface area contributed by atoms with Gasteiger partial charge in [-0.25, -0.2) is 0 Å². The fourth-order valence-corrected chi connectivity index (χ4v) is 4.79. The standard InChI is InChI=1S/C24H21N5O2S2/c1-2-30-20-10-8-19(9-11-20)29-22(14-17-6-4-3-5-7-17)26-27-24(29)33-16-21-25-23(31-28-21)18-12-13-32-15-18/h3-13,15H,2,14,16H2,1H3. The largest absolute Gasteiger partial charge is 0.494 e. The number of ether oxygens (including phenoxy) is 1. The van der Waals surface area contributed by atoms with Gasteiger partial charge in [-0.2, -0.15) is 16.3 Å².